The highest BCUT2D eigenvalue weighted by Crippen LogP contribution is 2.18. The first-order valence-corrected chi connectivity index (χ1v) is 7.53. The number of aliphatic hydroxyl groups is 1. The maximum Gasteiger partial charge on any atom is 0.123 e. The van der Waals surface area contributed by atoms with Gasteiger partial charge >= 0.3 is 0 Å². The van der Waals surface area contributed by atoms with Gasteiger partial charge in [-0.2, -0.15) is 0 Å². The summed E-state index contributed by atoms with van der Waals surface area (Å²) < 4.78 is 13.3. The second-order valence-corrected chi connectivity index (χ2v) is 5.02. The fourth-order valence-electron chi connectivity index (χ4n) is 2.46. The zero-order chi connectivity index (χ0) is 14.8. The monoisotopic (exact) mass is 282 g/mol. The summed E-state index contributed by atoms with van der Waals surface area (Å²) in [6.07, 6.45) is 1.99. The van der Waals surface area contributed by atoms with Crippen molar-refractivity contribution in [2.45, 2.75) is 32.7 Å². The lowest BCUT2D eigenvalue weighted by Crippen LogP contribution is -2.32. The van der Waals surface area contributed by atoms with E-state index in [1.54, 1.807) is 12.1 Å². The van der Waals surface area contributed by atoms with Crippen molar-refractivity contribution in [2.24, 2.45) is 0 Å². The van der Waals surface area contributed by atoms with Crippen molar-refractivity contribution in [3.05, 3.63) is 35.6 Å². The molecule has 0 aliphatic heterocycles. The Hall–Kier alpha value is -0.970. The molecule has 114 valence electrons. The predicted octanol–water partition coefficient (Wildman–Crippen LogP) is 2.57. The van der Waals surface area contributed by atoms with E-state index in [0.717, 1.165) is 38.0 Å². The van der Waals surface area contributed by atoms with Crippen molar-refractivity contribution >= 4 is 0 Å². The van der Waals surface area contributed by atoms with E-state index in [2.05, 4.69) is 24.1 Å². The molecule has 0 aliphatic rings. The van der Waals surface area contributed by atoms with Crippen molar-refractivity contribution < 1.29 is 9.50 Å². The lowest BCUT2D eigenvalue weighted by atomic mass is 10.0. The van der Waals surface area contributed by atoms with Crippen molar-refractivity contribution in [1.29, 1.82) is 0 Å². The molecule has 0 heterocycles. The molecule has 1 rings (SSSR count). The maximum atomic E-state index is 13.3. The Kier molecular flexibility index (Phi) is 8.42. The van der Waals surface area contributed by atoms with Crippen LogP contribution >= 0.6 is 0 Å². The Balaban J connectivity index is 2.62. The third-order valence-corrected chi connectivity index (χ3v) is 3.39. The number of aliphatic hydroxyl groups excluding tert-OH is 1. The van der Waals surface area contributed by atoms with Crippen LogP contribution in [0.15, 0.2) is 24.3 Å². The van der Waals surface area contributed by atoms with Gasteiger partial charge in [0, 0.05) is 19.1 Å². The number of benzene rings is 1. The summed E-state index contributed by atoms with van der Waals surface area (Å²) in [6, 6.07) is 6.96. The van der Waals surface area contributed by atoms with Gasteiger partial charge in [-0.15, -0.1) is 0 Å². The number of halogens is 1. The minimum atomic E-state index is -0.189. The lowest BCUT2D eigenvalue weighted by Gasteiger charge is -2.25. The van der Waals surface area contributed by atoms with E-state index in [-0.39, 0.29) is 18.5 Å². The van der Waals surface area contributed by atoms with E-state index >= 15 is 0 Å². The second kappa shape index (κ2) is 9.86. The van der Waals surface area contributed by atoms with Crippen LogP contribution in [0.1, 0.15) is 38.3 Å². The molecule has 1 unspecified atom stereocenters. The smallest absolute Gasteiger partial charge is 0.123 e. The molecule has 0 radical (unpaired) electrons. The minimum Gasteiger partial charge on any atom is -0.395 e. The molecule has 0 spiro atoms. The topological polar surface area (TPSA) is 35.5 Å². The average Bonchev–Trinajstić information content (AvgIpc) is 2.43. The number of hydrogen-bond donors (Lipinski definition) is 2. The summed E-state index contributed by atoms with van der Waals surface area (Å²) in [5.74, 6) is -0.189. The third kappa shape index (κ3) is 5.99. The van der Waals surface area contributed by atoms with E-state index in [0.29, 0.717) is 6.54 Å². The van der Waals surface area contributed by atoms with Crippen LogP contribution in [0, 0.1) is 5.82 Å². The largest absolute Gasteiger partial charge is 0.395 e. The van der Waals surface area contributed by atoms with E-state index in [1.165, 1.54) is 6.07 Å². The van der Waals surface area contributed by atoms with Gasteiger partial charge in [0.15, 0.2) is 0 Å². The second-order valence-electron chi connectivity index (χ2n) is 5.02. The van der Waals surface area contributed by atoms with Crippen LogP contribution in [0.25, 0.3) is 0 Å². The molecule has 1 atom stereocenters. The molecular formula is C16H27FN2O. The first-order chi connectivity index (χ1) is 9.71. The quantitative estimate of drug-likeness (QED) is 0.692. The van der Waals surface area contributed by atoms with Crippen LogP contribution in [-0.4, -0.2) is 42.8 Å². The molecule has 0 bridgehead atoms. The Morgan fingerprint density at radius 3 is 2.65 bits per heavy atom. The molecule has 4 heteroatoms. The predicted molar refractivity (Wildman–Crippen MR) is 81.3 cm³/mol. The molecule has 0 fully saturated rings. The zero-order valence-corrected chi connectivity index (χ0v) is 12.6. The number of rotatable bonds is 10. The van der Waals surface area contributed by atoms with Gasteiger partial charge in [-0.05, 0) is 43.6 Å². The first-order valence-electron chi connectivity index (χ1n) is 7.53. The van der Waals surface area contributed by atoms with Gasteiger partial charge in [0.2, 0.25) is 0 Å². The molecule has 20 heavy (non-hydrogen) atoms. The molecule has 3 nitrogen and oxygen atoms in total. The molecular weight excluding hydrogens is 255 g/mol. The maximum absolute atomic E-state index is 13.3. The van der Waals surface area contributed by atoms with Crippen molar-refractivity contribution in [3.63, 3.8) is 0 Å². The highest BCUT2D eigenvalue weighted by atomic mass is 19.1. The van der Waals surface area contributed by atoms with E-state index in [4.69, 9.17) is 5.11 Å². The molecule has 0 aromatic heterocycles. The summed E-state index contributed by atoms with van der Waals surface area (Å²) in [6.45, 7) is 7.84. The molecule has 2 N–H and O–H groups in total. The fraction of sp³-hybridized carbons (Fsp3) is 0.625. The standard InChI is InChI=1S/C16H27FN2O/c1-3-9-19(11-12-20)10-8-16(18-4-2)14-6-5-7-15(17)13-14/h5-7,13,16,18,20H,3-4,8-12H2,1-2H3. The molecule has 0 amide bonds. The Morgan fingerprint density at radius 2 is 2.05 bits per heavy atom. The van der Waals surface area contributed by atoms with Crippen LogP contribution in [0.2, 0.25) is 0 Å². The van der Waals surface area contributed by atoms with Gasteiger partial charge in [-0.3, -0.25) is 0 Å². The fourth-order valence-corrected chi connectivity index (χ4v) is 2.46. The van der Waals surface area contributed by atoms with E-state index < -0.39 is 0 Å². The summed E-state index contributed by atoms with van der Waals surface area (Å²) in [4.78, 5) is 2.25. The van der Waals surface area contributed by atoms with Crippen molar-refractivity contribution in [2.75, 3.05) is 32.8 Å². The SMILES string of the molecule is CCCN(CCO)CCC(NCC)c1cccc(F)c1. The number of nitrogens with zero attached hydrogens (tertiary/aromatic N) is 1. The van der Waals surface area contributed by atoms with Gasteiger partial charge < -0.3 is 15.3 Å². The molecule has 0 aliphatic carbocycles. The van der Waals surface area contributed by atoms with Crippen LogP contribution < -0.4 is 5.32 Å². The van der Waals surface area contributed by atoms with Crippen LogP contribution in [-0.2, 0) is 0 Å². The highest BCUT2D eigenvalue weighted by Gasteiger charge is 2.13. The summed E-state index contributed by atoms with van der Waals surface area (Å²) >= 11 is 0. The highest BCUT2D eigenvalue weighted by molar-refractivity contribution is 5.20. The zero-order valence-electron chi connectivity index (χ0n) is 12.6. The Labute approximate surface area is 121 Å². The van der Waals surface area contributed by atoms with Gasteiger partial charge in [0.1, 0.15) is 5.82 Å². The molecule has 0 saturated carbocycles. The number of nitrogens with one attached hydrogen (secondary N) is 1. The van der Waals surface area contributed by atoms with Crippen molar-refractivity contribution in [1.82, 2.24) is 10.2 Å². The normalized spacial score (nSPS) is 12.8. The van der Waals surface area contributed by atoms with Gasteiger partial charge in [0.25, 0.3) is 0 Å². The van der Waals surface area contributed by atoms with Crippen molar-refractivity contribution in [3.8, 4) is 0 Å². The number of hydrogen-bond acceptors (Lipinski definition) is 3. The summed E-state index contributed by atoms with van der Waals surface area (Å²) in [5.41, 5.74) is 0.993. The molecule has 1 aromatic carbocycles. The Bertz CT molecular complexity index is 367. The van der Waals surface area contributed by atoms with E-state index in [1.807, 2.05) is 6.07 Å². The molecule has 0 saturated heterocycles. The summed E-state index contributed by atoms with van der Waals surface area (Å²) in [7, 11) is 0. The van der Waals surface area contributed by atoms with Crippen LogP contribution in [0.3, 0.4) is 0 Å². The van der Waals surface area contributed by atoms with Gasteiger partial charge in [-0.1, -0.05) is 26.0 Å². The van der Waals surface area contributed by atoms with E-state index in [9.17, 15) is 4.39 Å². The first kappa shape index (κ1) is 17.1. The Morgan fingerprint density at radius 1 is 1.25 bits per heavy atom. The van der Waals surface area contributed by atoms with Gasteiger partial charge in [-0.25, -0.2) is 4.39 Å². The van der Waals surface area contributed by atoms with Gasteiger partial charge in [0.05, 0.1) is 6.61 Å². The summed E-state index contributed by atoms with van der Waals surface area (Å²) in [5, 5.41) is 12.5. The minimum absolute atomic E-state index is 0.161. The third-order valence-electron chi connectivity index (χ3n) is 3.39. The molecule has 1 aromatic rings. The van der Waals surface area contributed by atoms with Crippen LogP contribution in [0.4, 0.5) is 4.39 Å². The average molecular weight is 282 g/mol. The van der Waals surface area contributed by atoms with Crippen LogP contribution in [0.5, 0.6) is 0 Å². The lowest BCUT2D eigenvalue weighted by molar-refractivity contribution is 0.189.